The van der Waals surface area contributed by atoms with Gasteiger partial charge in [-0.2, -0.15) is 0 Å². The molecule has 6 heteroatoms. The number of rotatable bonds is 5. The molecule has 0 amide bonds. The Kier molecular flexibility index (Phi) is 4.24. The third-order valence-electron chi connectivity index (χ3n) is 4.15. The molecule has 0 aliphatic heterocycles. The zero-order chi connectivity index (χ0) is 17.4. The Morgan fingerprint density at radius 1 is 1.25 bits per heavy atom. The minimum Gasteiger partial charge on any atom is -0.355 e. The summed E-state index contributed by atoms with van der Waals surface area (Å²) in [6.45, 7) is 5.17. The number of carbonyl (C=O) groups is 2. The second-order valence-electron chi connectivity index (χ2n) is 5.73. The third kappa shape index (κ3) is 2.63. The van der Waals surface area contributed by atoms with E-state index in [2.05, 4.69) is 4.98 Å². The fourth-order valence-corrected chi connectivity index (χ4v) is 4.02. The Morgan fingerprint density at radius 3 is 2.62 bits per heavy atom. The van der Waals surface area contributed by atoms with E-state index in [-0.39, 0.29) is 23.0 Å². The first-order valence-corrected chi connectivity index (χ1v) is 8.59. The molecule has 0 saturated carbocycles. The Balaban J connectivity index is 2.04. The predicted octanol–water partition coefficient (Wildman–Crippen LogP) is 3.35. The first kappa shape index (κ1) is 16.4. The summed E-state index contributed by atoms with van der Waals surface area (Å²) < 4.78 is 2.35. The molecule has 0 bridgehead atoms. The lowest BCUT2D eigenvalue weighted by atomic mass is 10.0. The molecule has 124 valence electrons. The number of Topliss-reactive ketones (excluding diaryl/α,β-unsaturated/α-hetero) is 2. The summed E-state index contributed by atoms with van der Waals surface area (Å²) in [6.07, 6.45) is 0.583. The first-order valence-electron chi connectivity index (χ1n) is 7.78. The fraction of sp³-hybridized carbons (Fsp3) is 0.278. The number of ketones is 2. The highest BCUT2D eigenvalue weighted by atomic mass is 32.1. The summed E-state index contributed by atoms with van der Waals surface area (Å²) in [7, 11) is 0. The van der Waals surface area contributed by atoms with E-state index in [1.54, 1.807) is 6.92 Å². The molecule has 2 heterocycles. The largest absolute Gasteiger partial charge is 0.355 e. The maximum absolute atomic E-state index is 12.8. The minimum absolute atomic E-state index is 0.0346. The number of hydrogen-bond donors (Lipinski definition) is 1. The summed E-state index contributed by atoms with van der Waals surface area (Å²) in [5, 5.41) is 0. The van der Waals surface area contributed by atoms with Gasteiger partial charge in [-0.15, -0.1) is 0 Å². The normalized spacial score (nSPS) is 11.1. The van der Waals surface area contributed by atoms with Gasteiger partial charge < -0.3 is 4.98 Å². The number of aryl methyl sites for hydroxylation is 1. The average molecular weight is 342 g/mol. The third-order valence-corrected chi connectivity index (χ3v) is 5.11. The summed E-state index contributed by atoms with van der Waals surface area (Å²) >= 11 is 1.13. The molecule has 0 unspecified atom stereocenters. The Labute approximate surface area is 142 Å². The highest BCUT2D eigenvalue weighted by molar-refractivity contribution is 7.16. The summed E-state index contributed by atoms with van der Waals surface area (Å²) in [4.78, 5) is 39.7. The van der Waals surface area contributed by atoms with Crippen molar-refractivity contribution in [3.63, 3.8) is 0 Å². The highest BCUT2D eigenvalue weighted by Crippen LogP contribution is 2.22. The summed E-state index contributed by atoms with van der Waals surface area (Å²) in [6, 6.07) is 7.42. The van der Waals surface area contributed by atoms with Crippen molar-refractivity contribution in [2.45, 2.75) is 33.7 Å². The molecule has 24 heavy (non-hydrogen) atoms. The lowest BCUT2D eigenvalue weighted by molar-refractivity contribution is 0.0967. The van der Waals surface area contributed by atoms with E-state index in [9.17, 15) is 14.4 Å². The fourth-order valence-electron chi connectivity index (χ4n) is 3.13. The smallest absolute Gasteiger partial charge is 0.308 e. The second-order valence-corrected chi connectivity index (χ2v) is 6.73. The predicted molar refractivity (Wildman–Crippen MR) is 95.3 cm³/mol. The van der Waals surface area contributed by atoms with Gasteiger partial charge in [0.1, 0.15) is 0 Å². The minimum atomic E-state index is -0.187. The highest BCUT2D eigenvalue weighted by Gasteiger charge is 2.22. The molecular formula is C18H18N2O3S. The van der Waals surface area contributed by atoms with Crippen LogP contribution in [0.15, 0.2) is 29.1 Å². The molecule has 1 N–H and O–H groups in total. The molecule has 2 aromatic heterocycles. The van der Waals surface area contributed by atoms with Gasteiger partial charge in [-0.1, -0.05) is 30.4 Å². The number of nitrogens with one attached hydrogen (secondary N) is 1. The molecule has 0 radical (unpaired) electrons. The van der Waals surface area contributed by atoms with E-state index in [1.165, 1.54) is 11.5 Å². The van der Waals surface area contributed by atoms with E-state index in [4.69, 9.17) is 0 Å². The summed E-state index contributed by atoms with van der Waals surface area (Å²) in [5.74, 6) is -0.245. The number of benzene rings is 1. The van der Waals surface area contributed by atoms with E-state index < -0.39 is 0 Å². The zero-order valence-corrected chi connectivity index (χ0v) is 14.6. The van der Waals surface area contributed by atoms with Crippen LogP contribution in [0.25, 0.3) is 10.2 Å². The summed E-state index contributed by atoms with van der Waals surface area (Å²) in [5.41, 5.74) is 3.21. The molecule has 0 aliphatic carbocycles. The van der Waals surface area contributed by atoms with Gasteiger partial charge in [-0.3, -0.25) is 19.0 Å². The van der Waals surface area contributed by atoms with Gasteiger partial charge in [0.15, 0.2) is 11.6 Å². The average Bonchev–Trinajstić information content (AvgIpc) is 3.04. The molecule has 0 spiro atoms. The maximum atomic E-state index is 12.8. The Bertz CT molecular complexity index is 1010. The standard InChI is InChI=1S/C18H18N2O3S/c1-4-12-16(11(3)21)10(2)19-17(12)14(22)9-20-13-7-5-6-8-15(13)24-18(20)23/h5-8,19H,4,9H2,1-3H3. The van der Waals surface area contributed by atoms with Crippen molar-refractivity contribution >= 4 is 33.1 Å². The number of hydrogen-bond acceptors (Lipinski definition) is 4. The van der Waals surface area contributed by atoms with Crippen LogP contribution in [0.1, 0.15) is 46.0 Å². The number of aromatic nitrogens is 2. The molecule has 1 aromatic carbocycles. The van der Waals surface area contributed by atoms with Crippen LogP contribution in [0.2, 0.25) is 0 Å². The quantitative estimate of drug-likeness (QED) is 0.723. The van der Waals surface area contributed by atoms with Crippen molar-refractivity contribution < 1.29 is 9.59 Å². The van der Waals surface area contributed by atoms with Gasteiger partial charge in [-0.05, 0) is 38.0 Å². The van der Waals surface area contributed by atoms with Crippen molar-refractivity contribution in [3.8, 4) is 0 Å². The number of thiazole rings is 1. The van der Waals surface area contributed by atoms with Crippen LogP contribution in [-0.2, 0) is 13.0 Å². The van der Waals surface area contributed by atoms with Crippen molar-refractivity contribution in [1.29, 1.82) is 0 Å². The number of H-pyrrole nitrogens is 1. The molecule has 3 rings (SSSR count). The van der Waals surface area contributed by atoms with Crippen LogP contribution in [0.4, 0.5) is 0 Å². The molecule has 0 aliphatic rings. The van der Waals surface area contributed by atoms with Gasteiger partial charge in [0.25, 0.3) is 0 Å². The Morgan fingerprint density at radius 2 is 1.96 bits per heavy atom. The molecule has 0 atom stereocenters. The van der Waals surface area contributed by atoms with Crippen molar-refractivity contribution in [1.82, 2.24) is 9.55 Å². The van der Waals surface area contributed by atoms with Crippen LogP contribution in [0, 0.1) is 6.92 Å². The van der Waals surface area contributed by atoms with Gasteiger partial charge in [0.05, 0.1) is 22.5 Å². The SMILES string of the molecule is CCc1c(C(=O)Cn2c(=O)sc3ccccc32)[nH]c(C)c1C(C)=O. The lowest BCUT2D eigenvalue weighted by Crippen LogP contribution is -2.20. The van der Waals surface area contributed by atoms with Gasteiger partial charge in [-0.25, -0.2) is 0 Å². The molecule has 3 aromatic rings. The molecule has 0 fully saturated rings. The van der Waals surface area contributed by atoms with E-state index in [0.29, 0.717) is 23.4 Å². The van der Waals surface area contributed by atoms with E-state index in [0.717, 1.165) is 27.1 Å². The van der Waals surface area contributed by atoms with Crippen molar-refractivity contribution in [3.05, 3.63) is 56.4 Å². The molecule has 0 saturated heterocycles. The molecular weight excluding hydrogens is 324 g/mol. The monoisotopic (exact) mass is 342 g/mol. The Hall–Kier alpha value is -2.47. The van der Waals surface area contributed by atoms with Gasteiger partial charge >= 0.3 is 4.87 Å². The van der Waals surface area contributed by atoms with Crippen molar-refractivity contribution in [2.24, 2.45) is 0 Å². The van der Waals surface area contributed by atoms with Gasteiger partial charge in [0, 0.05) is 11.3 Å². The number of fused-ring (bicyclic) bond motifs is 1. The number of carbonyl (C=O) groups excluding carboxylic acids is 2. The molecule has 5 nitrogen and oxygen atoms in total. The lowest BCUT2D eigenvalue weighted by Gasteiger charge is -2.05. The zero-order valence-electron chi connectivity index (χ0n) is 13.8. The van der Waals surface area contributed by atoms with Crippen LogP contribution >= 0.6 is 11.3 Å². The topological polar surface area (TPSA) is 71.9 Å². The van der Waals surface area contributed by atoms with Crippen LogP contribution in [-0.4, -0.2) is 21.1 Å². The van der Waals surface area contributed by atoms with Crippen LogP contribution < -0.4 is 4.87 Å². The number of nitrogens with zero attached hydrogens (tertiary/aromatic N) is 1. The number of aromatic amines is 1. The second kappa shape index (κ2) is 6.20. The van der Waals surface area contributed by atoms with Gasteiger partial charge in [0.2, 0.25) is 0 Å². The maximum Gasteiger partial charge on any atom is 0.308 e. The van der Waals surface area contributed by atoms with E-state index >= 15 is 0 Å². The van der Waals surface area contributed by atoms with Crippen LogP contribution in [0.3, 0.4) is 0 Å². The van der Waals surface area contributed by atoms with E-state index in [1.807, 2.05) is 31.2 Å². The van der Waals surface area contributed by atoms with Crippen molar-refractivity contribution in [2.75, 3.05) is 0 Å². The first-order chi connectivity index (χ1) is 11.4. The van der Waals surface area contributed by atoms with Crippen LogP contribution in [0.5, 0.6) is 0 Å². The number of para-hydroxylation sites is 1.